The summed E-state index contributed by atoms with van der Waals surface area (Å²) in [5, 5.41) is 10.1. The van der Waals surface area contributed by atoms with E-state index in [9.17, 15) is 0 Å². The van der Waals surface area contributed by atoms with Gasteiger partial charge in [-0.15, -0.1) is 11.3 Å². The van der Waals surface area contributed by atoms with Gasteiger partial charge >= 0.3 is 0 Å². The largest absolute Gasteiger partial charge is 0.312 e. The van der Waals surface area contributed by atoms with E-state index in [0.29, 0.717) is 0 Å². The summed E-state index contributed by atoms with van der Waals surface area (Å²) in [6, 6.07) is 4.43. The predicted molar refractivity (Wildman–Crippen MR) is 70.1 cm³/mol. The van der Waals surface area contributed by atoms with Gasteiger partial charge in [-0.2, -0.15) is 5.10 Å². The molecule has 0 aromatic carbocycles. The average molecular weight is 250 g/mol. The van der Waals surface area contributed by atoms with Crippen molar-refractivity contribution in [1.82, 2.24) is 20.5 Å². The summed E-state index contributed by atoms with van der Waals surface area (Å²) in [7, 11) is 0. The first kappa shape index (κ1) is 12.3. The maximum absolute atomic E-state index is 4.09. The minimum absolute atomic E-state index is 0.956. The lowest BCUT2D eigenvalue weighted by molar-refractivity contribution is 0.644. The summed E-state index contributed by atoms with van der Waals surface area (Å²) >= 11 is 1.90. The van der Waals surface area contributed by atoms with Crippen molar-refractivity contribution in [3.8, 4) is 0 Å². The topological polar surface area (TPSA) is 53.6 Å². The zero-order chi connectivity index (χ0) is 11.9. The van der Waals surface area contributed by atoms with E-state index in [1.54, 1.807) is 6.33 Å². The molecule has 0 amide bonds. The molecular formula is C12H18N4S. The Morgan fingerprint density at radius 1 is 1.35 bits per heavy atom. The van der Waals surface area contributed by atoms with E-state index < -0.39 is 0 Å². The summed E-state index contributed by atoms with van der Waals surface area (Å²) in [6.45, 7) is 4.18. The molecule has 0 spiro atoms. The number of hydrogen-bond donors (Lipinski definition) is 2. The van der Waals surface area contributed by atoms with Gasteiger partial charge in [0.15, 0.2) is 0 Å². The third-order valence-corrected chi connectivity index (χ3v) is 3.83. The van der Waals surface area contributed by atoms with E-state index in [1.165, 1.54) is 9.75 Å². The lowest BCUT2D eigenvalue weighted by Crippen LogP contribution is -2.14. The number of nitrogens with zero attached hydrogens (tertiary/aromatic N) is 2. The van der Waals surface area contributed by atoms with Crippen LogP contribution >= 0.6 is 11.3 Å². The molecule has 2 aromatic rings. The molecular weight excluding hydrogens is 232 g/mol. The zero-order valence-electron chi connectivity index (χ0n) is 10.1. The van der Waals surface area contributed by atoms with Crippen LogP contribution in [-0.4, -0.2) is 21.7 Å². The van der Waals surface area contributed by atoms with Crippen LogP contribution in [0.4, 0.5) is 0 Å². The molecule has 0 aliphatic rings. The molecule has 0 saturated heterocycles. The molecule has 2 N–H and O–H groups in total. The van der Waals surface area contributed by atoms with E-state index in [1.807, 2.05) is 11.3 Å². The Balaban J connectivity index is 1.60. The maximum atomic E-state index is 4.09. The highest BCUT2D eigenvalue weighted by Crippen LogP contribution is 2.16. The highest BCUT2D eigenvalue weighted by Gasteiger charge is 1.98. The number of aryl methyl sites for hydroxylation is 2. The Hall–Kier alpha value is -1.20. The molecule has 2 heterocycles. The Bertz CT molecular complexity index is 421. The first-order chi connectivity index (χ1) is 8.38. The highest BCUT2D eigenvalue weighted by molar-refractivity contribution is 7.11. The van der Waals surface area contributed by atoms with Crippen LogP contribution in [0.2, 0.25) is 0 Å². The van der Waals surface area contributed by atoms with Crippen LogP contribution < -0.4 is 5.32 Å². The van der Waals surface area contributed by atoms with Crippen LogP contribution in [0.15, 0.2) is 18.5 Å². The van der Waals surface area contributed by atoms with Crippen LogP contribution in [0.1, 0.15) is 28.9 Å². The number of hydrogen-bond acceptors (Lipinski definition) is 4. The number of aromatic amines is 1. The third kappa shape index (κ3) is 3.94. The van der Waals surface area contributed by atoms with Crippen molar-refractivity contribution in [1.29, 1.82) is 0 Å². The average Bonchev–Trinajstić information content (AvgIpc) is 2.99. The summed E-state index contributed by atoms with van der Waals surface area (Å²) in [6.07, 6.45) is 4.73. The number of nitrogens with one attached hydrogen (secondary N) is 2. The first-order valence-electron chi connectivity index (χ1n) is 6.01. The van der Waals surface area contributed by atoms with Gasteiger partial charge in [0.05, 0.1) is 0 Å². The Kier molecular flexibility index (Phi) is 4.70. The minimum atomic E-state index is 0.956. The fraction of sp³-hybridized carbons (Fsp3) is 0.500. The summed E-state index contributed by atoms with van der Waals surface area (Å²) in [4.78, 5) is 6.97. The van der Waals surface area contributed by atoms with Crippen molar-refractivity contribution >= 4 is 11.3 Å². The SMILES string of the molecule is CCc1ccc(CNCCCc2ncn[nH]2)s1. The molecule has 2 rings (SSSR count). The summed E-state index contributed by atoms with van der Waals surface area (Å²) in [5.74, 6) is 0.969. The van der Waals surface area contributed by atoms with Crippen molar-refractivity contribution in [3.63, 3.8) is 0 Å². The second-order valence-corrected chi connectivity index (χ2v) is 5.19. The van der Waals surface area contributed by atoms with Gasteiger partial charge in [0, 0.05) is 22.7 Å². The van der Waals surface area contributed by atoms with Gasteiger partial charge in [-0.05, 0) is 31.5 Å². The number of H-pyrrole nitrogens is 1. The van der Waals surface area contributed by atoms with E-state index >= 15 is 0 Å². The second kappa shape index (κ2) is 6.51. The smallest absolute Gasteiger partial charge is 0.137 e. The molecule has 4 nitrogen and oxygen atoms in total. The molecule has 0 fully saturated rings. The quantitative estimate of drug-likeness (QED) is 0.740. The molecule has 0 atom stereocenters. The van der Waals surface area contributed by atoms with Crippen LogP contribution in [0.25, 0.3) is 0 Å². The molecule has 2 aromatic heterocycles. The second-order valence-electron chi connectivity index (χ2n) is 3.93. The molecule has 0 aliphatic heterocycles. The molecule has 17 heavy (non-hydrogen) atoms. The van der Waals surface area contributed by atoms with Gasteiger partial charge in [0.2, 0.25) is 0 Å². The molecule has 0 unspecified atom stereocenters. The van der Waals surface area contributed by atoms with Crippen molar-refractivity contribution in [2.24, 2.45) is 0 Å². The lowest BCUT2D eigenvalue weighted by atomic mass is 10.3. The van der Waals surface area contributed by atoms with Crippen molar-refractivity contribution < 1.29 is 0 Å². The van der Waals surface area contributed by atoms with Gasteiger partial charge in [0.25, 0.3) is 0 Å². The number of thiophene rings is 1. The van der Waals surface area contributed by atoms with Crippen LogP contribution in [-0.2, 0) is 19.4 Å². The van der Waals surface area contributed by atoms with Crippen LogP contribution in [0.5, 0.6) is 0 Å². The third-order valence-electron chi connectivity index (χ3n) is 2.60. The fourth-order valence-electron chi connectivity index (χ4n) is 1.65. The maximum Gasteiger partial charge on any atom is 0.137 e. The van der Waals surface area contributed by atoms with Gasteiger partial charge in [-0.25, -0.2) is 4.98 Å². The Morgan fingerprint density at radius 2 is 2.24 bits per heavy atom. The van der Waals surface area contributed by atoms with Crippen molar-refractivity contribution in [2.45, 2.75) is 32.7 Å². The van der Waals surface area contributed by atoms with E-state index in [4.69, 9.17) is 0 Å². The molecule has 92 valence electrons. The normalized spacial score (nSPS) is 10.9. The van der Waals surface area contributed by atoms with Crippen LogP contribution in [0, 0.1) is 0 Å². The summed E-state index contributed by atoms with van der Waals surface area (Å²) in [5.41, 5.74) is 0. The summed E-state index contributed by atoms with van der Waals surface area (Å²) < 4.78 is 0. The van der Waals surface area contributed by atoms with Crippen molar-refractivity contribution in [2.75, 3.05) is 6.54 Å². The lowest BCUT2D eigenvalue weighted by Gasteiger charge is -2.01. The van der Waals surface area contributed by atoms with Gasteiger partial charge in [0.1, 0.15) is 12.2 Å². The van der Waals surface area contributed by atoms with E-state index in [-0.39, 0.29) is 0 Å². The van der Waals surface area contributed by atoms with Gasteiger partial charge < -0.3 is 5.32 Å². The van der Waals surface area contributed by atoms with Gasteiger partial charge in [-0.1, -0.05) is 6.92 Å². The fourth-order valence-corrected chi connectivity index (χ4v) is 2.58. The van der Waals surface area contributed by atoms with Crippen LogP contribution in [0.3, 0.4) is 0 Å². The Morgan fingerprint density at radius 3 is 2.94 bits per heavy atom. The Labute approximate surface area is 105 Å². The van der Waals surface area contributed by atoms with Crippen molar-refractivity contribution in [3.05, 3.63) is 34.0 Å². The predicted octanol–water partition coefficient (Wildman–Crippen LogP) is 2.15. The number of rotatable bonds is 7. The monoisotopic (exact) mass is 250 g/mol. The molecule has 0 aliphatic carbocycles. The molecule has 5 heteroatoms. The van der Waals surface area contributed by atoms with Gasteiger partial charge in [-0.3, -0.25) is 5.10 Å². The minimum Gasteiger partial charge on any atom is -0.312 e. The number of aromatic nitrogens is 3. The zero-order valence-corrected chi connectivity index (χ0v) is 10.9. The highest BCUT2D eigenvalue weighted by atomic mass is 32.1. The molecule has 0 saturated carbocycles. The standard InChI is InChI=1S/C12H18N4S/c1-2-10-5-6-11(17-10)8-13-7-3-4-12-14-9-15-16-12/h5-6,9,13H,2-4,7-8H2,1H3,(H,14,15,16). The first-order valence-corrected chi connectivity index (χ1v) is 6.82. The van der Waals surface area contributed by atoms with E-state index in [2.05, 4.69) is 39.6 Å². The van der Waals surface area contributed by atoms with E-state index in [0.717, 1.165) is 38.2 Å². The molecule has 0 bridgehead atoms. The molecule has 0 radical (unpaired) electrons.